The van der Waals surface area contributed by atoms with Crippen molar-refractivity contribution >= 4 is 32.4 Å². The van der Waals surface area contributed by atoms with Gasteiger partial charge in [0.25, 0.3) is 11.5 Å². The number of rotatable bonds is 6. The number of aromatic nitrogens is 4. The topological polar surface area (TPSA) is 127 Å². The Morgan fingerprint density at radius 3 is 2.62 bits per heavy atom. The minimum Gasteiger partial charge on any atom is -0.344 e. The van der Waals surface area contributed by atoms with Crippen molar-refractivity contribution in [3.05, 3.63) is 106 Å². The molecule has 0 aliphatic rings. The molecule has 0 bridgehead atoms. The van der Waals surface area contributed by atoms with Crippen LogP contribution in [-0.4, -0.2) is 46.1 Å². The van der Waals surface area contributed by atoms with Gasteiger partial charge in [-0.15, -0.1) is 0 Å². The standard InChI is InChI=1S/C29H26N6O4S/c1-19(33-28(36)25-20(2)31-18-34-16-15-30-27(25)34)24-17-22-10-7-9-21(11-8-14-32-40(3,38)39)26(22)29(37)35(24)23-12-5-4-6-13-23/h4-7,9-10,12-13,15-19,32H,14H2,1-3H3,(H,33,36). The number of benzene rings is 2. The van der Waals surface area contributed by atoms with Crippen LogP contribution in [0.3, 0.4) is 0 Å². The molecule has 1 amide bonds. The largest absolute Gasteiger partial charge is 0.344 e. The number of pyridine rings is 1. The van der Waals surface area contributed by atoms with Gasteiger partial charge < -0.3 is 5.32 Å². The predicted octanol–water partition coefficient (Wildman–Crippen LogP) is 2.73. The minimum atomic E-state index is -3.39. The number of para-hydroxylation sites is 1. The second-order valence-corrected chi connectivity index (χ2v) is 11.1. The van der Waals surface area contributed by atoms with Crippen LogP contribution in [0.25, 0.3) is 22.1 Å². The summed E-state index contributed by atoms with van der Waals surface area (Å²) in [6.07, 6.45) is 5.98. The van der Waals surface area contributed by atoms with E-state index in [4.69, 9.17) is 0 Å². The number of hydrogen-bond acceptors (Lipinski definition) is 6. The van der Waals surface area contributed by atoms with Crippen LogP contribution in [0.15, 0.2) is 78.1 Å². The van der Waals surface area contributed by atoms with Crippen LogP contribution < -0.4 is 15.6 Å². The van der Waals surface area contributed by atoms with E-state index < -0.39 is 16.1 Å². The Morgan fingerprint density at radius 1 is 1.10 bits per heavy atom. The molecular formula is C29H26N6O4S. The average Bonchev–Trinajstić information content (AvgIpc) is 3.39. The van der Waals surface area contributed by atoms with Crippen LogP contribution in [0.2, 0.25) is 0 Å². The zero-order valence-electron chi connectivity index (χ0n) is 22.0. The van der Waals surface area contributed by atoms with Crippen molar-refractivity contribution in [3.63, 3.8) is 0 Å². The molecule has 0 saturated heterocycles. The molecule has 0 spiro atoms. The van der Waals surface area contributed by atoms with Gasteiger partial charge in [0, 0.05) is 29.3 Å². The van der Waals surface area contributed by atoms with Crippen LogP contribution in [-0.2, 0) is 10.0 Å². The number of fused-ring (bicyclic) bond motifs is 2. The fourth-order valence-electron chi connectivity index (χ4n) is 4.54. The Kier molecular flexibility index (Phi) is 7.21. The Balaban J connectivity index is 1.61. The summed E-state index contributed by atoms with van der Waals surface area (Å²) in [6.45, 7) is 3.48. The minimum absolute atomic E-state index is 0.0825. The van der Waals surface area contributed by atoms with Crippen molar-refractivity contribution < 1.29 is 13.2 Å². The van der Waals surface area contributed by atoms with E-state index in [9.17, 15) is 18.0 Å². The number of amides is 1. The summed E-state index contributed by atoms with van der Waals surface area (Å²) in [5.74, 6) is 5.34. The first-order valence-corrected chi connectivity index (χ1v) is 14.3. The number of imidazole rings is 1. The molecule has 0 fully saturated rings. The summed E-state index contributed by atoms with van der Waals surface area (Å²) in [4.78, 5) is 36.2. The van der Waals surface area contributed by atoms with E-state index in [1.54, 1.807) is 46.7 Å². The summed E-state index contributed by atoms with van der Waals surface area (Å²) >= 11 is 0. The zero-order chi connectivity index (χ0) is 28.4. The Bertz CT molecular complexity index is 1990. The molecule has 5 rings (SSSR count). The number of nitrogens with zero attached hydrogens (tertiary/aromatic N) is 4. The second kappa shape index (κ2) is 10.8. The first-order valence-electron chi connectivity index (χ1n) is 12.4. The van der Waals surface area contributed by atoms with E-state index >= 15 is 0 Å². The van der Waals surface area contributed by atoms with E-state index in [-0.39, 0.29) is 18.0 Å². The number of carbonyl (C=O) groups excluding carboxylic acids is 1. The van der Waals surface area contributed by atoms with Gasteiger partial charge in [0.1, 0.15) is 11.9 Å². The van der Waals surface area contributed by atoms with Crippen LogP contribution in [0.4, 0.5) is 0 Å². The Labute approximate surface area is 230 Å². The van der Waals surface area contributed by atoms with Crippen molar-refractivity contribution in [1.29, 1.82) is 0 Å². The van der Waals surface area contributed by atoms with E-state index in [1.165, 1.54) is 0 Å². The van der Waals surface area contributed by atoms with Crippen LogP contribution in [0.1, 0.15) is 40.3 Å². The van der Waals surface area contributed by atoms with Gasteiger partial charge in [0.2, 0.25) is 10.0 Å². The molecule has 3 aromatic heterocycles. The molecule has 3 heterocycles. The molecule has 0 radical (unpaired) electrons. The highest BCUT2D eigenvalue weighted by Gasteiger charge is 2.22. The van der Waals surface area contributed by atoms with Gasteiger partial charge in [-0.3, -0.25) is 18.6 Å². The monoisotopic (exact) mass is 554 g/mol. The number of nitrogens with one attached hydrogen (secondary N) is 2. The van der Waals surface area contributed by atoms with Gasteiger partial charge in [-0.05, 0) is 43.5 Å². The van der Waals surface area contributed by atoms with Crippen molar-refractivity contribution in [2.24, 2.45) is 0 Å². The van der Waals surface area contributed by atoms with Gasteiger partial charge in [-0.2, -0.15) is 0 Å². The van der Waals surface area contributed by atoms with E-state index in [2.05, 4.69) is 31.8 Å². The lowest BCUT2D eigenvalue weighted by Crippen LogP contribution is -2.33. The lowest BCUT2D eigenvalue weighted by molar-refractivity contribution is 0.0938. The normalized spacial score (nSPS) is 12.2. The van der Waals surface area contributed by atoms with Crippen molar-refractivity contribution in [1.82, 2.24) is 29.0 Å². The Hall–Kier alpha value is -4.79. The first kappa shape index (κ1) is 26.8. The maximum absolute atomic E-state index is 14.1. The van der Waals surface area contributed by atoms with E-state index in [0.29, 0.717) is 44.6 Å². The molecule has 0 saturated carbocycles. The Morgan fingerprint density at radius 2 is 1.88 bits per heavy atom. The van der Waals surface area contributed by atoms with Crippen LogP contribution in [0.5, 0.6) is 0 Å². The fraction of sp³-hybridized carbons (Fsp3) is 0.172. The molecule has 10 nitrogen and oxygen atoms in total. The first-order chi connectivity index (χ1) is 19.1. The number of sulfonamides is 1. The molecule has 1 atom stereocenters. The quantitative estimate of drug-likeness (QED) is 0.311. The van der Waals surface area contributed by atoms with Gasteiger partial charge in [0.15, 0.2) is 5.65 Å². The van der Waals surface area contributed by atoms with Gasteiger partial charge in [0.05, 0.1) is 29.9 Å². The van der Waals surface area contributed by atoms with Gasteiger partial charge >= 0.3 is 0 Å². The molecule has 11 heteroatoms. The predicted molar refractivity (Wildman–Crippen MR) is 153 cm³/mol. The van der Waals surface area contributed by atoms with E-state index in [1.807, 2.05) is 49.4 Å². The molecule has 40 heavy (non-hydrogen) atoms. The number of aryl methyl sites for hydroxylation is 1. The molecule has 0 aliphatic carbocycles. The third kappa shape index (κ3) is 5.36. The molecule has 1 unspecified atom stereocenters. The maximum Gasteiger partial charge on any atom is 0.264 e. The third-order valence-corrected chi connectivity index (χ3v) is 7.05. The highest BCUT2D eigenvalue weighted by atomic mass is 32.2. The van der Waals surface area contributed by atoms with Crippen molar-refractivity contribution in [2.45, 2.75) is 19.9 Å². The number of hydrogen-bond donors (Lipinski definition) is 2. The fourth-order valence-corrected chi connectivity index (χ4v) is 4.87. The lowest BCUT2D eigenvalue weighted by Gasteiger charge is -2.21. The molecular weight excluding hydrogens is 528 g/mol. The molecule has 2 N–H and O–H groups in total. The summed E-state index contributed by atoms with van der Waals surface area (Å²) in [7, 11) is -3.39. The van der Waals surface area contributed by atoms with Crippen LogP contribution in [0, 0.1) is 18.8 Å². The van der Waals surface area contributed by atoms with E-state index in [0.717, 1.165) is 6.26 Å². The molecule has 2 aromatic carbocycles. The molecule has 202 valence electrons. The molecule has 5 aromatic rings. The van der Waals surface area contributed by atoms with Gasteiger partial charge in [-0.25, -0.2) is 23.1 Å². The maximum atomic E-state index is 14.1. The van der Waals surface area contributed by atoms with Crippen molar-refractivity contribution in [3.8, 4) is 17.5 Å². The summed E-state index contributed by atoms with van der Waals surface area (Å²) in [5.41, 5.74) is 2.74. The molecule has 0 aliphatic heterocycles. The zero-order valence-corrected chi connectivity index (χ0v) is 22.9. The SMILES string of the molecule is Cc1ncn2ccnc2c1C(=O)NC(C)c1cc2cccc(C#CCNS(C)(=O)=O)c2c(=O)n1-c1ccccc1. The van der Waals surface area contributed by atoms with Crippen LogP contribution >= 0.6 is 0 Å². The second-order valence-electron chi connectivity index (χ2n) is 9.27. The third-order valence-electron chi connectivity index (χ3n) is 6.38. The lowest BCUT2D eigenvalue weighted by atomic mass is 10.0. The highest BCUT2D eigenvalue weighted by molar-refractivity contribution is 7.88. The smallest absolute Gasteiger partial charge is 0.264 e. The van der Waals surface area contributed by atoms with Gasteiger partial charge in [-0.1, -0.05) is 42.2 Å². The summed E-state index contributed by atoms with van der Waals surface area (Å²) < 4.78 is 28.3. The highest BCUT2D eigenvalue weighted by Crippen LogP contribution is 2.24. The summed E-state index contributed by atoms with van der Waals surface area (Å²) in [6, 6.07) is 15.7. The van der Waals surface area contributed by atoms with Crippen molar-refractivity contribution in [2.75, 3.05) is 12.8 Å². The number of carbonyl (C=O) groups is 1. The summed E-state index contributed by atoms with van der Waals surface area (Å²) in [5, 5.41) is 4.06. The average molecular weight is 555 g/mol.